The molecule has 1 aliphatic carbocycles. The molecule has 6 heteroatoms. The van der Waals surface area contributed by atoms with Crippen LogP contribution in [-0.2, 0) is 20.5 Å². The fraction of sp³-hybridized carbons (Fsp3) is 0.500. The minimum Gasteiger partial charge on any atom is -0.462 e. The summed E-state index contributed by atoms with van der Waals surface area (Å²) in [5.74, 6) is -0.869. The Bertz CT molecular complexity index is 684. The number of hydrogen-bond donors (Lipinski definition) is 0. The van der Waals surface area contributed by atoms with E-state index in [4.69, 9.17) is 4.74 Å². The zero-order valence-electron chi connectivity index (χ0n) is 14.9. The van der Waals surface area contributed by atoms with Crippen LogP contribution in [0.5, 0.6) is 0 Å². The molecule has 2 rings (SSSR count). The average Bonchev–Trinajstić information content (AvgIpc) is 2.59. The second kappa shape index (κ2) is 8.52. The van der Waals surface area contributed by atoms with E-state index in [1.165, 1.54) is 18.2 Å². The van der Waals surface area contributed by atoms with E-state index in [2.05, 4.69) is 6.92 Å². The molecule has 142 valence electrons. The van der Waals surface area contributed by atoms with Crippen molar-refractivity contribution in [3.63, 3.8) is 0 Å². The Kier molecular flexibility index (Phi) is 6.62. The fourth-order valence-electron chi connectivity index (χ4n) is 3.15. The van der Waals surface area contributed by atoms with Gasteiger partial charge >= 0.3 is 12.1 Å². The SMILES string of the molecule is CCOC(=O)C(=Cc1cccc(C(F)(F)F)c1)C(=O)C1CCC(C)CC1. The molecule has 1 aliphatic rings. The molecule has 0 N–H and O–H groups in total. The van der Waals surface area contributed by atoms with Crippen molar-refractivity contribution in [1.82, 2.24) is 0 Å². The van der Waals surface area contributed by atoms with E-state index in [1.807, 2.05) is 0 Å². The van der Waals surface area contributed by atoms with Crippen molar-refractivity contribution in [3.05, 3.63) is 41.0 Å². The third-order valence-corrected chi connectivity index (χ3v) is 4.67. The Hall–Kier alpha value is -2.11. The Morgan fingerprint density at radius 3 is 2.42 bits per heavy atom. The van der Waals surface area contributed by atoms with Gasteiger partial charge in [0.1, 0.15) is 5.57 Å². The van der Waals surface area contributed by atoms with Gasteiger partial charge in [-0.2, -0.15) is 13.2 Å². The molecule has 1 aromatic rings. The van der Waals surface area contributed by atoms with Gasteiger partial charge in [-0.1, -0.05) is 31.9 Å². The first-order chi connectivity index (χ1) is 12.2. The van der Waals surface area contributed by atoms with E-state index >= 15 is 0 Å². The van der Waals surface area contributed by atoms with Gasteiger partial charge in [0.25, 0.3) is 0 Å². The number of carbonyl (C=O) groups excluding carboxylic acids is 2. The van der Waals surface area contributed by atoms with Gasteiger partial charge in [0.2, 0.25) is 0 Å². The maximum Gasteiger partial charge on any atom is 0.416 e. The van der Waals surface area contributed by atoms with Crippen LogP contribution in [0, 0.1) is 11.8 Å². The normalized spacial score (nSPS) is 21.3. The summed E-state index contributed by atoms with van der Waals surface area (Å²) in [6.07, 6.45) is -0.115. The molecular weight excluding hydrogens is 345 g/mol. The predicted octanol–water partition coefficient (Wildman–Crippen LogP) is 5.05. The van der Waals surface area contributed by atoms with E-state index < -0.39 is 17.7 Å². The molecule has 0 spiro atoms. The van der Waals surface area contributed by atoms with Crippen molar-refractivity contribution in [2.24, 2.45) is 11.8 Å². The number of ether oxygens (including phenoxy) is 1. The summed E-state index contributed by atoms with van der Waals surface area (Å²) in [6, 6.07) is 4.57. The topological polar surface area (TPSA) is 43.4 Å². The Balaban J connectivity index is 2.34. The van der Waals surface area contributed by atoms with Gasteiger partial charge in [-0.3, -0.25) is 4.79 Å². The number of carbonyl (C=O) groups is 2. The number of esters is 1. The largest absolute Gasteiger partial charge is 0.462 e. The summed E-state index contributed by atoms with van der Waals surface area (Å²) in [6.45, 7) is 3.83. The minimum atomic E-state index is -4.49. The van der Waals surface area contributed by atoms with E-state index in [9.17, 15) is 22.8 Å². The summed E-state index contributed by atoms with van der Waals surface area (Å²) in [4.78, 5) is 25.1. The van der Waals surface area contributed by atoms with Crippen LogP contribution in [0.2, 0.25) is 0 Å². The van der Waals surface area contributed by atoms with Crippen molar-refractivity contribution in [2.45, 2.75) is 45.7 Å². The number of benzene rings is 1. The van der Waals surface area contributed by atoms with Crippen LogP contribution >= 0.6 is 0 Å². The minimum absolute atomic E-state index is 0.0910. The number of ketones is 1. The summed E-state index contributed by atoms with van der Waals surface area (Å²) in [5.41, 5.74) is -0.848. The molecule has 0 heterocycles. The van der Waals surface area contributed by atoms with Crippen molar-refractivity contribution in [3.8, 4) is 0 Å². The molecule has 0 atom stereocenters. The van der Waals surface area contributed by atoms with Crippen LogP contribution in [0.3, 0.4) is 0 Å². The molecule has 1 saturated carbocycles. The van der Waals surface area contributed by atoms with E-state index in [-0.39, 0.29) is 29.4 Å². The predicted molar refractivity (Wildman–Crippen MR) is 92.2 cm³/mol. The third kappa shape index (κ3) is 5.19. The summed E-state index contributed by atoms with van der Waals surface area (Å²) in [7, 11) is 0. The van der Waals surface area contributed by atoms with E-state index in [0.717, 1.165) is 25.0 Å². The molecule has 0 amide bonds. The molecule has 0 radical (unpaired) electrons. The quantitative estimate of drug-likeness (QED) is 0.316. The Morgan fingerprint density at radius 1 is 1.19 bits per heavy atom. The van der Waals surface area contributed by atoms with Crippen molar-refractivity contribution in [2.75, 3.05) is 6.61 Å². The number of Topliss-reactive ketones (excluding diaryl/α,β-unsaturated/α-hetero) is 1. The van der Waals surface area contributed by atoms with Crippen LogP contribution in [-0.4, -0.2) is 18.4 Å². The standard InChI is InChI=1S/C20H23F3O3/c1-3-26-19(25)17(18(24)15-9-7-13(2)8-10-15)12-14-5-4-6-16(11-14)20(21,22)23/h4-6,11-13,15H,3,7-10H2,1-2H3. The van der Waals surface area contributed by atoms with Crippen LogP contribution in [0.4, 0.5) is 13.2 Å². The first kappa shape index (κ1) is 20.2. The lowest BCUT2D eigenvalue weighted by Crippen LogP contribution is -2.26. The second-order valence-corrected chi connectivity index (χ2v) is 6.72. The highest BCUT2D eigenvalue weighted by molar-refractivity contribution is 6.21. The lowest BCUT2D eigenvalue weighted by molar-refractivity contribution is -0.140. The molecule has 0 bridgehead atoms. The van der Waals surface area contributed by atoms with Gasteiger partial charge in [-0.05, 0) is 49.5 Å². The monoisotopic (exact) mass is 368 g/mol. The zero-order chi connectivity index (χ0) is 19.3. The van der Waals surface area contributed by atoms with Crippen LogP contribution in [0.15, 0.2) is 29.8 Å². The number of alkyl halides is 3. The summed E-state index contributed by atoms with van der Waals surface area (Å²) >= 11 is 0. The van der Waals surface area contributed by atoms with Crippen molar-refractivity contribution >= 4 is 17.8 Å². The maximum atomic E-state index is 12.9. The summed E-state index contributed by atoms with van der Waals surface area (Å²) < 4.78 is 43.6. The Labute approximate surface area is 151 Å². The molecule has 0 saturated heterocycles. The molecule has 0 aliphatic heterocycles. The average molecular weight is 368 g/mol. The maximum absolute atomic E-state index is 12.9. The van der Waals surface area contributed by atoms with Gasteiger partial charge in [0.15, 0.2) is 5.78 Å². The molecule has 26 heavy (non-hydrogen) atoms. The van der Waals surface area contributed by atoms with Crippen LogP contribution in [0.1, 0.15) is 50.7 Å². The molecular formula is C20H23F3O3. The Morgan fingerprint density at radius 2 is 1.85 bits per heavy atom. The highest BCUT2D eigenvalue weighted by atomic mass is 19.4. The van der Waals surface area contributed by atoms with Gasteiger partial charge in [0, 0.05) is 5.92 Å². The van der Waals surface area contributed by atoms with Gasteiger partial charge < -0.3 is 4.74 Å². The highest BCUT2D eigenvalue weighted by Gasteiger charge is 2.32. The molecule has 0 aromatic heterocycles. The van der Waals surface area contributed by atoms with Crippen LogP contribution in [0.25, 0.3) is 6.08 Å². The number of hydrogen-bond acceptors (Lipinski definition) is 3. The van der Waals surface area contributed by atoms with Crippen LogP contribution < -0.4 is 0 Å². The molecule has 1 fully saturated rings. The van der Waals surface area contributed by atoms with Gasteiger partial charge in [-0.15, -0.1) is 0 Å². The van der Waals surface area contributed by atoms with Crippen molar-refractivity contribution in [1.29, 1.82) is 0 Å². The summed E-state index contributed by atoms with van der Waals surface area (Å²) in [5, 5.41) is 0. The van der Waals surface area contributed by atoms with Gasteiger partial charge in [-0.25, -0.2) is 4.79 Å². The molecule has 3 nitrogen and oxygen atoms in total. The first-order valence-electron chi connectivity index (χ1n) is 8.82. The lowest BCUT2D eigenvalue weighted by atomic mass is 9.79. The molecule has 1 aromatic carbocycles. The number of rotatable bonds is 5. The van der Waals surface area contributed by atoms with E-state index in [1.54, 1.807) is 6.92 Å². The first-order valence-corrected chi connectivity index (χ1v) is 8.82. The third-order valence-electron chi connectivity index (χ3n) is 4.67. The van der Waals surface area contributed by atoms with Gasteiger partial charge in [0.05, 0.1) is 12.2 Å². The zero-order valence-corrected chi connectivity index (χ0v) is 14.9. The second-order valence-electron chi connectivity index (χ2n) is 6.72. The molecule has 0 unspecified atom stereocenters. The van der Waals surface area contributed by atoms with Crippen molar-refractivity contribution < 1.29 is 27.5 Å². The smallest absolute Gasteiger partial charge is 0.416 e. The van der Waals surface area contributed by atoms with E-state index in [0.29, 0.717) is 18.8 Å². The lowest BCUT2D eigenvalue weighted by Gasteiger charge is -2.25. The number of halogens is 3. The fourth-order valence-corrected chi connectivity index (χ4v) is 3.15. The highest BCUT2D eigenvalue weighted by Crippen LogP contribution is 2.32.